The van der Waals surface area contributed by atoms with Crippen LogP contribution in [-0.2, 0) is 11.3 Å². The number of nitrogens with zero attached hydrogens (tertiary/aromatic N) is 1. The fraction of sp³-hybridized carbons (Fsp3) is 0.667. The normalized spacial score (nSPS) is 17.2. The first kappa shape index (κ1) is 12.6. The van der Waals surface area contributed by atoms with Crippen molar-refractivity contribution in [3.63, 3.8) is 0 Å². The van der Waals surface area contributed by atoms with E-state index in [0.29, 0.717) is 12.5 Å². The second kappa shape index (κ2) is 6.75. The van der Waals surface area contributed by atoms with Gasteiger partial charge < -0.3 is 4.74 Å². The van der Waals surface area contributed by atoms with Gasteiger partial charge in [0.15, 0.2) is 0 Å². The van der Waals surface area contributed by atoms with Crippen molar-refractivity contribution in [2.75, 3.05) is 6.61 Å². The highest BCUT2D eigenvalue weighted by atomic mass is 16.5. The van der Waals surface area contributed by atoms with Crippen molar-refractivity contribution < 1.29 is 4.74 Å². The number of rotatable bonds is 5. The zero-order valence-corrected chi connectivity index (χ0v) is 10.8. The summed E-state index contributed by atoms with van der Waals surface area (Å²) < 4.78 is 5.51. The molecule has 0 saturated heterocycles. The van der Waals surface area contributed by atoms with Crippen LogP contribution in [0.1, 0.15) is 62.6 Å². The molecule has 1 aromatic rings. The summed E-state index contributed by atoms with van der Waals surface area (Å²) in [5, 5.41) is 0. The van der Waals surface area contributed by atoms with E-state index in [2.05, 4.69) is 24.0 Å². The molecule has 0 amide bonds. The predicted octanol–water partition coefficient (Wildman–Crippen LogP) is 4.06. The molecule has 0 atom stereocenters. The highest BCUT2D eigenvalue weighted by Crippen LogP contribution is 2.31. The maximum Gasteiger partial charge on any atom is 0.0731 e. The quantitative estimate of drug-likeness (QED) is 0.716. The van der Waals surface area contributed by atoms with Gasteiger partial charge in [-0.05, 0) is 30.9 Å². The topological polar surface area (TPSA) is 22.1 Å². The SMILES string of the molecule is CCCOCc1ccc(C2CCCCC2)nc1. The zero-order valence-electron chi connectivity index (χ0n) is 10.8. The van der Waals surface area contributed by atoms with E-state index >= 15 is 0 Å². The largest absolute Gasteiger partial charge is 0.377 e. The lowest BCUT2D eigenvalue weighted by molar-refractivity contribution is 0.121. The third-order valence-electron chi connectivity index (χ3n) is 3.49. The van der Waals surface area contributed by atoms with Gasteiger partial charge in [0.1, 0.15) is 0 Å². The third-order valence-corrected chi connectivity index (χ3v) is 3.49. The molecule has 1 aliphatic rings. The van der Waals surface area contributed by atoms with E-state index in [1.165, 1.54) is 43.4 Å². The first-order valence-electron chi connectivity index (χ1n) is 6.92. The van der Waals surface area contributed by atoms with Gasteiger partial charge in [-0.25, -0.2) is 0 Å². The summed E-state index contributed by atoms with van der Waals surface area (Å²) in [5.41, 5.74) is 2.47. The molecule has 1 saturated carbocycles. The smallest absolute Gasteiger partial charge is 0.0731 e. The number of aromatic nitrogens is 1. The van der Waals surface area contributed by atoms with Crippen LogP contribution in [0.3, 0.4) is 0 Å². The summed E-state index contributed by atoms with van der Waals surface area (Å²) in [4.78, 5) is 4.60. The highest BCUT2D eigenvalue weighted by molar-refractivity contribution is 5.16. The van der Waals surface area contributed by atoms with Gasteiger partial charge in [-0.3, -0.25) is 4.98 Å². The van der Waals surface area contributed by atoms with Crippen molar-refractivity contribution in [3.8, 4) is 0 Å². The fourth-order valence-electron chi connectivity index (χ4n) is 2.50. The summed E-state index contributed by atoms with van der Waals surface area (Å²) in [6.07, 6.45) is 9.84. The average Bonchev–Trinajstić information content (AvgIpc) is 2.41. The average molecular weight is 233 g/mol. The Morgan fingerprint density at radius 3 is 2.71 bits per heavy atom. The Morgan fingerprint density at radius 2 is 2.06 bits per heavy atom. The van der Waals surface area contributed by atoms with Gasteiger partial charge in [0.05, 0.1) is 6.61 Å². The molecule has 2 heteroatoms. The van der Waals surface area contributed by atoms with Gasteiger partial charge in [-0.15, -0.1) is 0 Å². The van der Waals surface area contributed by atoms with E-state index in [9.17, 15) is 0 Å². The monoisotopic (exact) mass is 233 g/mol. The fourth-order valence-corrected chi connectivity index (χ4v) is 2.50. The van der Waals surface area contributed by atoms with Gasteiger partial charge in [0, 0.05) is 24.4 Å². The minimum Gasteiger partial charge on any atom is -0.377 e. The summed E-state index contributed by atoms with van der Waals surface area (Å²) in [5.74, 6) is 0.703. The van der Waals surface area contributed by atoms with E-state index in [-0.39, 0.29) is 0 Å². The Kier molecular flexibility index (Phi) is 4.99. The van der Waals surface area contributed by atoms with Crippen molar-refractivity contribution in [2.45, 2.75) is 58.0 Å². The Labute approximate surface area is 104 Å². The van der Waals surface area contributed by atoms with Crippen LogP contribution in [0, 0.1) is 0 Å². The van der Waals surface area contributed by atoms with Crippen LogP contribution in [0.15, 0.2) is 18.3 Å². The molecule has 17 heavy (non-hydrogen) atoms. The first-order chi connectivity index (χ1) is 8.40. The molecule has 0 aliphatic heterocycles. The van der Waals surface area contributed by atoms with E-state index in [4.69, 9.17) is 4.74 Å². The summed E-state index contributed by atoms with van der Waals surface area (Å²) in [6.45, 7) is 3.67. The van der Waals surface area contributed by atoms with Crippen molar-refractivity contribution in [1.82, 2.24) is 4.98 Å². The molecule has 0 unspecified atom stereocenters. The molecule has 0 N–H and O–H groups in total. The summed E-state index contributed by atoms with van der Waals surface area (Å²) in [6, 6.07) is 4.37. The van der Waals surface area contributed by atoms with Crippen LogP contribution >= 0.6 is 0 Å². The molecular formula is C15H23NO. The maximum atomic E-state index is 5.51. The molecule has 0 spiro atoms. The molecule has 2 rings (SSSR count). The lowest BCUT2D eigenvalue weighted by Crippen LogP contribution is -2.06. The molecule has 2 nitrogen and oxygen atoms in total. The van der Waals surface area contributed by atoms with E-state index in [1.54, 1.807) is 0 Å². The lowest BCUT2D eigenvalue weighted by Gasteiger charge is -2.21. The molecule has 1 fully saturated rings. The zero-order chi connectivity index (χ0) is 11.9. The second-order valence-electron chi connectivity index (χ2n) is 4.98. The Hall–Kier alpha value is -0.890. The van der Waals surface area contributed by atoms with Crippen molar-refractivity contribution >= 4 is 0 Å². The van der Waals surface area contributed by atoms with Crippen LogP contribution < -0.4 is 0 Å². The molecule has 0 radical (unpaired) electrons. The maximum absolute atomic E-state index is 5.51. The van der Waals surface area contributed by atoms with Crippen LogP contribution in [0.2, 0.25) is 0 Å². The molecule has 1 heterocycles. The Balaban J connectivity index is 1.88. The van der Waals surface area contributed by atoms with Crippen LogP contribution in [0.4, 0.5) is 0 Å². The number of hydrogen-bond acceptors (Lipinski definition) is 2. The Morgan fingerprint density at radius 1 is 1.24 bits per heavy atom. The number of pyridine rings is 1. The van der Waals surface area contributed by atoms with Crippen LogP contribution in [0.5, 0.6) is 0 Å². The van der Waals surface area contributed by atoms with Crippen molar-refractivity contribution in [1.29, 1.82) is 0 Å². The molecule has 1 aliphatic carbocycles. The lowest BCUT2D eigenvalue weighted by atomic mass is 9.86. The highest BCUT2D eigenvalue weighted by Gasteiger charge is 2.16. The third kappa shape index (κ3) is 3.81. The number of ether oxygens (including phenoxy) is 1. The summed E-state index contributed by atoms with van der Waals surface area (Å²) in [7, 11) is 0. The molecule has 0 bridgehead atoms. The van der Waals surface area contributed by atoms with Crippen LogP contribution in [-0.4, -0.2) is 11.6 Å². The Bertz CT molecular complexity index is 314. The second-order valence-corrected chi connectivity index (χ2v) is 4.98. The predicted molar refractivity (Wildman–Crippen MR) is 70.0 cm³/mol. The first-order valence-corrected chi connectivity index (χ1v) is 6.92. The molecular weight excluding hydrogens is 210 g/mol. The van der Waals surface area contributed by atoms with Crippen LogP contribution in [0.25, 0.3) is 0 Å². The van der Waals surface area contributed by atoms with E-state index < -0.39 is 0 Å². The van der Waals surface area contributed by atoms with Crippen molar-refractivity contribution in [3.05, 3.63) is 29.6 Å². The minimum absolute atomic E-state index is 0.700. The summed E-state index contributed by atoms with van der Waals surface area (Å²) >= 11 is 0. The number of hydrogen-bond donors (Lipinski definition) is 0. The van der Waals surface area contributed by atoms with Gasteiger partial charge in [-0.2, -0.15) is 0 Å². The van der Waals surface area contributed by atoms with Gasteiger partial charge in [0.2, 0.25) is 0 Å². The molecule has 94 valence electrons. The molecule has 0 aromatic carbocycles. The van der Waals surface area contributed by atoms with E-state index in [1.807, 2.05) is 6.20 Å². The van der Waals surface area contributed by atoms with Gasteiger partial charge >= 0.3 is 0 Å². The van der Waals surface area contributed by atoms with Gasteiger partial charge in [0.25, 0.3) is 0 Å². The van der Waals surface area contributed by atoms with E-state index in [0.717, 1.165) is 13.0 Å². The van der Waals surface area contributed by atoms with Crippen molar-refractivity contribution in [2.24, 2.45) is 0 Å². The minimum atomic E-state index is 0.700. The standard InChI is InChI=1S/C15H23NO/c1-2-10-17-12-13-8-9-15(16-11-13)14-6-4-3-5-7-14/h8-9,11,14H,2-7,10,12H2,1H3. The molecule has 1 aromatic heterocycles. The van der Waals surface area contributed by atoms with Gasteiger partial charge in [-0.1, -0.05) is 32.3 Å².